The van der Waals surface area contributed by atoms with Gasteiger partial charge in [-0.15, -0.1) is 0 Å². The Bertz CT molecular complexity index is 402. The first-order chi connectivity index (χ1) is 9.70. The van der Waals surface area contributed by atoms with Gasteiger partial charge < -0.3 is 19.1 Å². The van der Waals surface area contributed by atoms with E-state index in [0.29, 0.717) is 30.1 Å². The van der Waals surface area contributed by atoms with E-state index < -0.39 is 0 Å². The minimum Gasteiger partial charge on any atom is -0.491 e. The molecule has 0 radical (unpaired) electrons. The van der Waals surface area contributed by atoms with Crippen LogP contribution in [0.3, 0.4) is 0 Å². The highest BCUT2D eigenvalue weighted by atomic mass is 16.6. The van der Waals surface area contributed by atoms with Crippen LogP contribution < -0.4 is 0 Å². The molecule has 0 aromatic rings. The van der Waals surface area contributed by atoms with Gasteiger partial charge in [-0.2, -0.15) is 0 Å². The molecule has 112 valence electrons. The lowest BCUT2D eigenvalue weighted by Gasteiger charge is -2.44. The van der Waals surface area contributed by atoms with Crippen molar-refractivity contribution in [2.45, 2.75) is 32.6 Å². The lowest BCUT2D eigenvalue weighted by atomic mass is 9.72. The SMILES string of the molecule is CC1=C(C(=O)N2CCC3(CCOCC3)CC2)OCCO1. The van der Waals surface area contributed by atoms with Gasteiger partial charge in [0.1, 0.15) is 19.0 Å². The van der Waals surface area contributed by atoms with Crippen LogP contribution in [0.15, 0.2) is 11.5 Å². The van der Waals surface area contributed by atoms with E-state index in [1.54, 1.807) is 6.92 Å². The third-order valence-corrected chi connectivity index (χ3v) is 4.83. The van der Waals surface area contributed by atoms with E-state index in [-0.39, 0.29) is 5.91 Å². The zero-order valence-corrected chi connectivity index (χ0v) is 12.2. The summed E-state index contributed by atoms with van der Waals surface area (Å²) in [5.41, 5.74) is 0.405. The summed E-state index contributed by atoms with van der Waals surface area (Å²) in [6, 6.07) is 0. The molecule has 0 N–H and O–H groups in total. The Morgan fingerprint density at radius 3 is 2.30 bits per heavy atom. The van der Waals surface area contributed by atoms with Gasteiger partial charge in [0.15, 0.2) is 0 Å². The molecule has 0 unspecified atom stereocenters. The van der Waals surface area contributed by atoms with Crippen molar-refractivity contribution in [3.8, 4) is 0 Å². The molecule has 1 spiro atoms. The quantitative estimate of drug-likeness (QED) is 0.734. The Hall–Kier alpha value is -1.23. The highest BCUT2D eigenvalue weighted by molar-refractivity contribution is 5.92. The summed E-state index contributed by atoms with van der Waals surface area (Å²) in [6.07, 6.45) is 4.43. The maximum Gasteiger partial charge on any atom is 0.292 e. The molecule has 5 heteroatoms. The lowest BCUT2D eigenvalue weighted by Crippen LogP contribution is -2.46. The maximum absolute atomic E-state index is 12.5. The Morgan fingerprint density at radius 1 is 1.00 bits per heavy atom. The highest BCUT2D eigenvalue weighted by Crippen LogP contribution is 2.40. The first-order valence-corrected chi connectivity index (χ1v) is 7.54. The number of hydrogen-bond acceptors (Lipinski definition) is 4. The molecule has 0 aliphatic carbocycles. The number of likely N-dealkylation sites (tertiary alicyclic amines) is 1. The van der Waals surface area contributed by atoms with Gasteiger partial charge in [0.2, 0.25) is 5.76 Å². The summed E-state index contributed by atoms with van der Waals surface area (Å²) in [6.45, 7) is 6.18. The largest absolute Gasteiger partial charge is 0.491 e. The average molecular weight is 281 g/mol. The molecule has 1 amide bonds. The fourth-order valence-corrected chi connectivity index (χ4v) is 3.35. The molecule has 0 saturated carbocycles. The molecule has 2 saturated heterocycles. The number of nitrogens with zero attached hydrogens (tertiary/aromatic N) is 1. The minimum atomic E-state index is -0.0101. The second kappa shape index (κ2) is 5.64. The minimum absolute atomic E-state index is 0.0101. The molecule has 0 atom stereocenters. The van der Waals surface area contributed by atoms with E-state index in [0.717, 1.165) is 52.0 Å². The highest BCUT2D eigenvalue weighted by Gasteiger charge is 2.38. The lowest BCUT2D eigenvalue weighted by molar-refractivity contribution is -0.136. The molecule has 20 heavy (non-hydrogen) atoms. The number of rotatable bonds is 1. The van der Waals surface area contributed by atoms with E-state index in [1.807, 2.05) is 4.90 Å². The molecule has 5 nitrogen and oxygen atoms in total. The summed E-state index contributed by atoms with van der Waals surface area (Å²) in [5.74, 6) is 1.01. The zero-order chi connectivity index (χ0) is 14.0. The molecular weight excluding hydrogens is 258 g/mol. The Balaban J connectivity index is 1.61. The summed E-state index contributed by atoms with van der Waals surface area (Å²) in [4.78, 5) is 14.4. The number of carbonyl (C=O) groups is 1. The normalized spacial score (nSPS) is 26.1. The summed E-state index contributed by atoms with van der Waals surface area (Å²) in [7, 11) is 0. The molecule has 0 bridgehead atoms. The van der Waals surface area contributed by atoms with E-state index in [4.69, 9.17) is 14.2 Å². The molecule has 3 aliphatic heterocycles. The average Bonchev–Trinajstić information content (AvgIpc) is 2.49. The molecule has 0 aromatic carbocycles. The van der Waals surface area contributed by atoms with Gasteiger partial charge >= 0.3 is 0 Å². The summed E-state index contributed by atoms with van der Waals surface area (Å²) >= 11 is 0. The van der Waals surface area contributed by atoms with Gasteiger partial charge in [-0.05, 0) is 38.0 Å². The number of ether oxygens (including phenoxy) is 3. The van der Waals surface area contributed by atoms with Crippen molar-refractivity contribution in [1.29, 1.82) is 0 Å². The molecule has 3 heterocycles. The number of amides is 1. The monoisotopic (exact) mass is 281 g/mol. The van der Waals surface area contributed by atoms with Crippen LogP contribution in [0.5, 0.6) is 0 Å². The van der Waals surface area contributed by atoms with Crippen molar-refractivity contribution in [3.63, 3.8) is 0 Å². The van der Waals surface area contributed by atoms with Gasteiger partial charge in [-0.25, -0.2) is 0 Å². The van der Waals surface area contributed by atoms with E-state index in [9.17, 15) is 4.79 Å². The predicted molar refractivity (Wildman–Crippen MR) is 72.9 cm³/mol. The standard InChI is InChI=1S/C15H23NO4/c1-12-13(20-11-10-19-12)14(17)16-6-2-15(3-7-16)4-8-18-9-5-15/h2-11H2,1H3. The van der Waals surface area contributed by atoms with Crippen LogP contribution in [0.25, 0.3) is 0 Å². The second-order valence-electron chi connectivity index (χ2n) is 5.99. The van der Waals surface area contributed by atoms with Crippen LogP contribution in [0.4, 0.5) is 0 Å². The Labute approximate surface area is 119 Å². The van der Waals surface area contributed by atoms with Gasteiger partial charge in [-0.3, -0.25) is 4.79 Å². The summed E-state index contributed by atoms with van der Waals surface area (Å²) in [5, 5.41) is 0. The van der Waals surface area contributed by atoms with Crippen molar-refractivity contribution in [2.75, 3.05) is 39.5 Å². The third-order valence-electron chi connectivity index (χ3n) is 4.83. The van der Waals surface area contributed by atoms with Crippen LogP contribution >= 0.6 is 0 Å². The van der Waals surface area contributed by atoms with E-state index >= 15 is 0 Å². The fraction of sp³-hybridized carbons (Fsp3) is 0.800. The Kier molecular flexibility index (Phi) is 3.87. The first kappa shape index (κ1) is 13.7. The maximum atomic E-state index is 12.5. The van der Waals surface area contributed by atoms with Crippen molar-refractivity contribution < 1.29 is 19.0 Å². The molecule has 3 aliphatic rings. The van der Waals surface area contributed by atoms with Crippen molar-refractivity contribution in [3.05, 3.63) is 11.5 Å². The van der Waals surface area contributed by atoms with E-state index in [2.05, 4.69) is 0 Å². The van der Waals surface area contributed by atoms with Crippen LogP contribution in [-0.4, -0.2) is 50.3 Å². The topological polar surface area (TPSA) is 48.0 Å². The van der Waals surface area contributed by atoms with Crippen molar-refractivity contribution in [1.82, 2.24) is 4.90 Å². The van der Waals surface area contributed by atoms with Crippen LogP contribution in [0, 0.1) is 5.41 Å². The Morgan fingerprint density at radius 2 is 1.65 bits per heavy atom. The van der Waals surface area contributed by atoms with Gasteiger partial charge in [0, 0.05) is 26.3 Å². The molecule has 3 rings (SSSR count). The molecular formula is C15H23NO4. The fourth-order valence-electron chi connectivity index (χ4n) is 3.35. The van der Waals surface area contributed by atoms with Gasteiger partial charge in [-0.1, -0.05) is 0 Å². The van der Waals surface area contributed by atoms with Crippen molar-refractivity contribution in [2.24, 2.45) is 5.41 Å². The number of carbonyl (C=O) groups excluding carboxylic acids is 1. The number of allylic oxidation sites excluding steroid dienone is 1. The smallest absolute Gasteiger partial charge is 0.292 e. The van der Waals surface area contributed by atoms with Gasteiger partial charge in [0.05, 0.1) is 0 Å². The second-order valence-corrected chi connectivity index (χ2v) is 5.99. The van der Waals surface area contributed by atoms with Crippen LogP contribution in [0.1, 0.15) is 32.6 Å². The number of hydrogen-bond donors (Lipinski definition) is 0. The zero-order valence-electron chi connectivity index (χ0n) is 12.2. The summed E-state index contributed by atoms with van der Waals surface area (Å²) < 4.78 is 16.3. The van der Waals surface area contributed by atoms with Crippen LogP contribution in [0.2, 0.25) is 0 Å². The molecule has 2 fully saturated rings. The molecule has 0 aromatic heterocycles. The number of piperidine rings is 1. The van der Waals surface area contributed by atoms with Crippen molar-refractivity contribution >= 4 is 5.91 Å². The first-order valence-electron chi connectivity index (χ1n) is 7.54. The van der Waals surface area contributed by atoms with Crippen LogP contribution in [-0.2, 0) is 19.0 Å². The predicted octanol–water partition coefficient (Wildman–Crippen LogP) is 1.68. The van der Waals surface area contributed by atoms with E-state index in [1.165, 1.54) is 0 Å². The third kappa shape index (κ3) is 2.64. The van der Waals surface area contributed by atoms with Gasteiger partial charge in [0.25, 0.3) is 5.91 Å².